The maximum Gasteiger partial charge on any atom is 0.259 e. The van der Waals surface area contributed by atoms with Gasteiger partial charge in [0.1, 0.15) is 20.9 Å². The number of imidazole rings is 1. The van der Waals surface area contributed by atoms with Crippen molar-refractivity contribution in [1.82, 2.24) is 24.2 Å². The van der Waals surface area contributed by atoms with Crippen LogP contribution in [0.25, 0.3) is 11.2 Å². The molecule has 0 bridgehead atoms. The Labute approximate surface area is 301 Å². The molecule has 0 saturated carbocycles. The van der Waals surface area contributed by atoms with Gasteiger partial charge in [0.05, 0.1) is 37.1 Å². The Morgan fingerprint density at radius 2 is 1.84 bits per heavy atom. The minimum Gasteiger partial charge on any atom is -0.475 e. The first-order valence-electron chi connectivity index (χ1n) is 18.0. The summed E-state index contributed by atoms with van der Waals surface area (Å²) in [5, 5.41) is 14.7. The number of amides is 1. The number of anilines is 1. The Morgan fingerprint density at radius 1 is 1.12 bits per heavy atom. The molecule has 0 aliphatic carbocycles. The highest BCUT2D eigenvalue weighted by molar-refractivity contribution is 7.45. The Hall–Kier alpha value is -3.76. The van der Waals surface area contributed by atoms with E-state index in [9.17, 15) is 4.79 Å². The van der Waals surface area contributed by atoms with E-state index in [1.165, 1.54) is 10.4 Å². The summed E-state index contributed by atoms with van der Waals surface area (Å²) in [6, 6.07) is 25.3. The van der Waals surface area contributed by atoms with Crippen molar-refractivity contribution in [2.45, 2.75) is 96.0 Å². The van der Waals surface area contributed by atoms with Gasteiger partial charge >= 0.3 is 0 Å². The van der Waals surface area contributed by atoms with Gasteiger partial charge in [0.15, 0.2) is 11.2 Å². The molecule has 1 amide bonds. The molecule has 3 fully saturated rings. The maximum absolute atomic E-state index is 12.6. The van der Waals surface area contributed by atoms with Crippen molar-refractivity contribution in [2.75, 3.05) is 18.5 Å². The van der Waals surface area contributed by atoms with Gasteiger partial charge in [-0.2, -0.15) is 15.2 Å². The number of ether oxygens (including phenoxy) is 2. The number of fused-ring (bicyclic) bond motifs is 2. The van der Waals surface area contributed by atoms with E-state index in [2.05, 4.69) is 105 Å². The van der Waals surface area contributed by atoms with Gasteiger partial charge < -0.3 is 18.5 Å². The molecule has 268 valence electrons. The van der Waals surface area contributed by atoms with Crippen molar-refractivity contribution >= 4 is 50.0 Å². The van der Waals surface area contributed by atoms with Crippen molar-refractivity contribution < 1.29 is 23.3 Å². The Balaban J connectivity index is 1.11. The average Bonchev–Trinajstić information content (AvgIpc) is 3.94. The quantitative estimate of drug-likeness (QED) is 0.103. The third-order valence-corrected chi connectivity index (χ3v) is 16.5. The summed E-state index contributed by atoms with van der Waals surface area (Å²) in [6.45, 7) is 9.30. The highest BCUT2D eigenvalue weighted by Gasteiger charge is 2.51. The van der Waals surface area contributed by atoms with Crippen LogP contribution in [0.2, 0.25) is 12.6 Å². The zero-order valence-electron chi connectivity index (χ0n) is 29.6. The summed E-state index contributed by atoms with van der Waals surface area (Å²) in [5.41, 5.74) is 0.914. The van der Waals surface area contributed by atoms with Gasteiger partial charge in [-0.3, -0.25) is 14.7 Å². The van der Waals surface area contributed by atoms with Crippen LogP contribution in [0.1, 0.15) is 59.1 Å². The van der Waals surface area contributed by atoms with Gasteiger partial charge in [0.25, 0.3) is 8.53 Å². The predicted molar refractivity (Wildman–Crippen MR) is 198 cm³/mol. The van der Waals surface area contributed by atoms with E-state index < -0.39 is 22.8 Å². The lowest BCUT2D eigenvalue weighted by Gasteiger charge is -2.32. The SMILES string of the molecule is CC[C@H]1O[C@@H](n2cnc3c(OCCC#N)nc(NC(=O)C(C)C)nc32)CC1O[P@@]1O[C@H](C[Si](C)(c2ccccc2)c2ccccc2)[C@@H]2CCCN21. The second-order valence-electron chi connectivity index (χ2n) is 14.0. The van der Waals surface area contributed by atoms with Gasteiger partial charge in [0, 0.05) is 24.9 Å². The van der Waals surface area contributed by atoms with Crippen molar-refractivity contribution in [3.8, 4) is 11.9 Å². The molecule has 0 radical (unpaired) electrons. The molecule has 5 heterocycles. The molecule has 14 heteroatoms. The molecule has 6 atom stereocenters. The van der Waals surface area contributed by atoms with Gasteiger partial charge in [-0.25, -0.2) is 9.65 Å². The van der Waals surface area contributed by atoms with Crippen LogP contribution in [0.15, 0.2) is 67.0 Å². The van der Waals surface area contributed by atoms with Crippen LogP contribution < -0.4 is 20.4 Å². The largest absolute Gasteiger partial charge is 0.475 e. The number of aromatic nitrogens is 4. The number of benzene rings is 2. The molecule has 4 aromatic rings. The fraction of sp³-hybridized carbons (Fsp3) is 0.486. The normalized spacial score (nSPS) is 24.9. The Kier molecular flexibility index (Phi) is 10.8. The first-order valence-corrected chi connectivity index (χ1v) is 21.8. The van der Waals surface area contributed by atoms with Crippen LogP contribution in [-0.2, 0) is 18.6 Å². The summed E-state index contributed by atoms with van der Waals surface area (Å²) < 4.78 is 30.7. The van der Waals surface area contributed by atoms with Gasteiger partial charge in [-0.1, -0.05) is 98.4 Å². The van der Waals surface area contributed by atoms with E-state index >= 15 is 0 Å². The molecule has 12 nitrogen and oxygen atoms in total. The molecule has 2 aromatic heterocycles. The number of carbonyl (C=O) groups excluding carboxylic acids is 1. The van der Waals surface area contributed by atoms with E-state index in [0.717, 1.165) is 31.9 Å². The van der Waals surface area contributed by atoms with E-state index in [-0.39, 0.29) is 55.0 Å². The zero-order valence-corrected chi connectivity index (χ0v) is 31.5. The molecule has 51 heavy (non-hydrogen) atoms. The molecular weight excluding hydrogens is 682 g/mol. The number of nitrogens with one attached hydrogen (secondary N) is 1. The van der Waals surface area contributed by atoms with Crippen LogP contribution >= 0.6 is 8.53 Å². The number of rotatable bonds is 13. The average molecular weight is 728 g/mol. The van der Waals surface area contributed by atoms with E-state index in [1.54, 1.807) is 20.2 Å². The molecule has 2 aromatic carbocycles. The highest BCUT2D eigenvalue weighted by atomic mass is 31.2. The molecule has 0 spiro atoms. The summed E-state index contributed by atoms with van der Waals surface area (Å²) in [5.74, 6) is -0.154. The maximum atomic E-state index is 12.6. The second-order valence-corrected chi connectivity index (χ2v) is 19.7. The molecule has 3 saturated heterocycles. The standard InChI is InChI=1S/C37H46N7O5PSi/c1-5-29-30(22-32(47-29)43-24-39-33-34(43)40-37(41-35(45)25(2)3)42-36(33)46-21-13-19-38)48-50-44-20-12-18-28(44)31(49-50)23-51(4,26-14-8-6-9-15-26)27-16-10-7-11-17-27/h6-11,14-17,24-25,28-32H,5,12-13,18,20-23H2,1-4H3,(H,40,41,42,45)/t28-,29+,30?,31+,32+,50-/m0/s1. The first-order chi connectivity index (χ1) is 24.8. The van der Waals surface area contributed by atoms with E-state index in [0.29, 0.717) is 23.6 Å². The number of carbonyl (C=O) groups is 1. The summed E-state index contributed by atoms with van der Waals surface area (Å²) in [4.78, 5) is 26.2. The van der Waals surface area contributed by atoms with Crippen LogP contribution in [-0.4, -0.2) is 75.7 Å². The zero-order chi connectivity index (χ0) is 35.5. The lowest BCUT2D eigenvalue weighted by atomic mass is 10.1. The molecule has 3 aliphatic heterocycles. The highest BCUT2D eigenvalue weighted by Crippen LogP contribution is 2.59. The first kappa shape index (κ1) is 35.6. The van der Waals surface area contributed by atoms with Crippen LogP contribution in [0.4, 0.5) is 5.95 Å². The summed E-state index contributed by atoms with van der Waals surface area (Å²) in [6.07, 6.45) is 4.79. The lowest BCUT2D eigenvalue weighted by Crippen LogP contribution is -2.58. The lowest BCUT2D eigenvalue weighted by molar-refractivity contribution is -0.118. The van der Waals surface area contributed by atoms with Crippen LogP contribution in [0.5, 0.6) is 5.88 Å². The molecular formula is C37H46N7O5PSi. The molecule has 1 N–H and O–H groups in total. The Morgan fingerprint density at radius 3 is 2.51 bits per heavy atom. The third kappa shape index (κ3) is 7.31. The van der Waals surface area contributed by atoms with Crippen LogP contribution in [0.3, 0.4) is 0 Å². The second kappa shape index (κ2) is 15.5. The third-order valence-electron chi connectivity index (χ3n) is 10.3. The monoisotopic (exact) mass is 727 g/mol. The molecule has 3 aliphatic rings. The van der Waals surface area contributed by atoms with Gasteiger partial charge in [0.2, 0.25) is 17.7 Å². The van der Waals surface area contributed by atoms with Crippen molar-refractivity contribution in [1.29, 1.82) is 5.26 Å². The number of hydrogen-bond donors (Lipinski definition) is 1. The van der Waals surface area contributed by atoms with Crippen molar-refractivity contribution in [2.24, 2.45) is 5.92 Å². The van der Waals surface area contributed by atoms with Crippen molar-refractivity contribution in [3.05, 3.63) is 67.0 Å². The smallest absolute Gasteiger partial charge is 0.259 e. The molecule has 7 rings (SSSR count). The van der Waals surface area contributed by atoms with Gasteiger partial charge in [-0.15, -0.1) is 0 Å². The number of hydrogen-bond acceptors (Lipinski definition) is 10. The Bertz CT molecular complexity index is 1820. The predicted octanol–water partition coefficient (Wildman–Crippen LogP) is 5.78. The van der Waals surface area contributed by atoms with E-state index in [1.807, 2.05) is 4.57 Å². The number of nitrogens with zero attached hydrogens (tertiary/aromatic N) is 6. The number of nitriles is 1. The van der Waals surface area contributed by atoms with Crippen molar-refractivity contribution in [3.63, 3.8) is 0 Å². The topological polar surface area (TPSA) is 137 Å². The summed E-state index contributed by atoms with van der Waals surface area (Å²) >= 11 is 0. The minimum atomic E-state index is -2.13. The van der Waals surface area contributed by atoms with E-state index in [4.69, 9.17) is 23.8 Å². The fourth-order valence-electron chi connectivity index (χ4n) is 7.45. The van der Waals surface area contributed by atoms with Crippen LogP contribution in [0, 0.1) is 17.2 Å². The summed E-state index contributed by atoms with van der Waals surface area (Å²) in [7, 11) is -3.40. The van der Waals surface area contributed by atoms with Gasteiger partial charge in [-0.05, 0) is 25.3 Å². The molecule has 1 unspecified atom stereocenters. The fourth-order valence-corrected chi connectivity index (χ4v) is 13.4. The minimum absolute atomic E-state index is 0.0853.